The Morgan fingerprint density at radius 3 is 2.65 bits per heavy atom. The van der Waals surface area contributed by atoms with Crippen molar-refractivity contribution in [1.82, 2.24) is 9.88 Å². The summed E-state index contributed by atoms with van der Waals surface area (Å²) in [6, 6.07) is 0. The molecule has 0 radical (unpaired) electrons. The monoisotopic (exact) mass is 408 g/mol. The Morgan fingerprint density at radius 2 is 2.00 bits per heavy atom. The molecule has 4 nitrogen and oxygen atoms in total. The predicted octanol–water partition coefficient (Wildman–Crippen LogP) is 2.84. The highest BCUT2D eigenvalue weighted by Crippen LogP contribution is 2.26. The van der Waals surface area contributed by atoms with Crippen LogP contribution in [0.4, 0.5) is 0 Å². The van der Waals surface area contributed by atoms with E-state index in [2.05, 4.69) is 23.7 Å². The van der Waals surface area contributed by atoms with Gasteiger partial charge in [0, 0.05) is 30.9 Å². The van der Waals surface area contributed by atoms with Crippen molar-refractivity contribution < 1.29 is 0 Å². The maximum absolute atomic E-state index is 5.96. The Morgan fingerprint density at radius 1 is 1.30 bits per heavy atom. The molecule has 0 spiro atoms. The minimum absolute atomic E-state index is 0. The fourth-order valence-electron chi connectivity index (χ4n) is 2.43. The number of nitrogens with two attached hydrogens (primary N) is 1. The topological polar surface area (TPSA) is 54.5 Å². The molecule has 0 bridgehead atoms. The smallest absolute Gasteiger partial charge is 0.191 e. The van der Waals surface area contributed by atoms with Crippen molar-refractivity contribution >= 4 is 41.3 Å². The van der Waals surface area contributed by atoms with E-state index in [1.807, 2.05) is 11.3 Å². The molecule has 0 unspecified atom stereocenters. The molecule has 0 atom stereocenters. The second-order valence-electron chi connectivity index (χ2n) is 4.85. The number of hydrogen-bond donors (Lipinski definition) is 1. The minimum atomic E-state index is 0. The number of halogens is 1. The molecule has 1 heterocycles. The zero-order chi connectivity index (χ0) is 13.7. The number of aromatic nitrogens is 1. The lowest BCUT2D eigenvalue weighted by Crippen LogP contribution is -2.37. The van der Waals surface area contributed by atoms with E-state index in [-0.39, 0.29) is 24.0 Å². The second kappa shape index (κ2) is 8.81. The molecule has 2 N–H and O–H groups in total. The number of nitrogens with zero attached hydrogens (tertiary/aromatic N) is 3. The lowest BCUT2D eigenvalue weighted by atomic mass is 10.0. The molecule has 1 aromatic rings. The zero-order valence-corrected chi connectivity index (χ0v) is 15.5. The summed E-state index contributed by atoms with van der Waals surface area (Å²) in [7, 11) is 0. The normalized spacial score (nSPS) is 14.6. The molecule has 0 fully saturated rings. The third kappa shape index (κ3) is 4.58. The molecule has 20 heavy (non-hydrogen) atoms. The van der Waals surface area contributed by atoms with E-state index in [1.54, 1.807) is 0 Å². The third-order valence-corrected chi connectivity index (χ3v) is 4.79. The van der Waals surface area contributed by atoms with E-state index in [4.69, 9.17) is 10.7 Å². The van der Waals surface area contributed by atoms with Gasteiger partial charge < -0.3 is 10.6 Å². The summed E-state index contributed by atoms with van der Waals surface area (Å²) in [5, 5.41) is 1.22. The molecule has 2 rings (SSSR count). The van der Waals surface area contributed by atoms with Gasteiger partial charge in [-0.05, 0) is 39.5 Å². The summed E-state index contributed by atoms with van der Waals surface area (Å²) in [4.78, 5) is 12.8. The maximum Gasteiger partial charge on any atom is 0.191 e. The molecule has 0 saturated heterocycles. The molecule has 0 saturated carbocycles. The van der Waals surface area contributed by atoms with Gasteiger partial charge in [-0.3, -0.25) is 4.99 Å². The van der Waals surface area contributed by atoms with Gasteiger partial charge in [0.05, 0.1) is 10.7 Å². The Labute approximate surface area is 142 Å². The van der Waals surface area contributed by atoms with Gasteiger partial charge in [-0.1, -0.05) is 0 Å². The van der Waals surface area contributed by atoms with E-state index in [0.29, 0.717) is 5.96 Å². The van der Waals surface area contributed by atoms with Crippen molar-refractivity contribution in [2.24, 2.45) is 10.7 Å². The van der Waals surface area contributed by atoms with Gasteiger partial charge in [-0.15, -0.1) is 35.3 Å². The van der Waals surface area contributed by atoms with Crippen molar-refractivity contribution in [1.29, 1.82) is 0 Å². The number of rotatable bonds is 5. The summed E-state index contributed by atoms with van der Waals surface area (Å²) in [5.74, 6) is 0.659. The predicted molar refractivity (Wildman–Crippen MR) is 97.3 cm³/mol. The quantitative estimate of drug-likeness (QED) is 0.463. The number of aliphatic imine (C=N–C) groups is 1. The van der Waals surface area contributed by atoms with Crippen molar-refractivity contribution in [3.05, 3.63) is 15.6 Å². The van der Waals surface area contributed by atoms with Crippen LogP contribution in [0.1, 0.15) is 42.3 Å². The number of fused-ring (bicyclic) bond motifs is 1. The van der Waals surface area contributed by atoms with Gasteiger partial charge in [-0.25, -0.2) is 4.98 Å². The van der Waals surface area contributed by atoms with E-state index in [9.17, 15) is 0 Å². The first-order chi connectivity index (χ1) is 9.24. The van der Waals surface area contributed by atoms with Crippen LogP contribution in [0.15, 0.2) is 4.99 Å². The number of thiazole rings is 1. The summed E-state index contributed by atoms with van der Waals surface area (Å²) in [5.41, 5.74) is 7.30. The van der Waals surface area contributed by atoms with Gasteiger partial charge in [0.2, 0.25) is 0 Å². The van der Waals surface area contributed by atoms with Crippen LogP contribution in [0.2, 0.25) is 0 Å². The molecule has 1 aromatic heterocycles. The van der Waals surface area contributed by atoms with Crippen LogP contribution in [-0.4, -0.2) is 35.5 Å². The lowest BCUT2D eigenvalue weighted by molar-refractivity contribution is 0.458. The average Bonchev–Trinajstić information content (AvgIpc) is 2.82. The molecule has 0 aliphatic heterocycles. The van der Waals surface area contributed by atoms with Crippen LogP contribution >= 0.6 is 35.3 Å². The molecule has 6 heteroatoms. The zero-order valence-electron chi connectivity index (χ0n) is 12.4. The first-order valence-electron chi connectivity index (χ1n) is 7.26. The number of aryl methyl sites for hydroxylation is 2. The van der Waals surface area contributed by atoms with Gasteiger partial charge in [0.25, 0.3) is 0 Å². The van der Waals surface area contributed by atoms with Crippen LogP contribution < -0.4 is 5.73 Å². The van der Waals surface area contributed by atoms with Crippen molar-refractivity contribution in [2.75, 3.05) is 19.6 Å². The number of guanidine groups is 1. The van der Waals surface area contributed by atoms with E-state index in [0.717, 1.165) is 32.5 Å². The first-order valence-corrected chi connectivity index (χ1v) is 8.08. The average molecular weight is 408 g/mol. The van der Waals surface area contributed by atoms with Gasteiger partial charge in [0.1, 0.15) is 0 Å². The standard InChI is InChI=1S/C14H24N4S.HI/c1-3-18(4-2)14(15)16-10-9-13-17-11-7-5-6-8-12(11)19-13;/h3-10H2,1-2H3,(H2,15,16);1H. The Kier molecular flexibility index (Phi) is 7.79. The highest BCUT2D eigenvalue weighted by atomic mass is 127. The van der Waals surface area contributed by atoms with Crippen LogP contribution in [0.5, 0.6) is 0 Å². The Hall–Kier alpha value is -0.370. The van der Waals surface area contributed by atoms with Gasteiger partial charge in [-0.2, -0.15) is 0 Å². The van der Waals surface area contributed by atoms with Gasteiger partial charge >= 0.3 is 0 Å². The summed E-state index contributed by atoms with van der Waals surface area (Å²) in [6.45, 7) is 6.77. The first kappa shape index (κ1) is 17.7. The highest BCUT2D eigenvalue weighted by Gasteiger charge is 2.14. The molecule has 0 amide bonds. The minimum Gasteiger partial charge on any atom is -0.370 e. The van der Waals surface area contributed by atoms with E-state index >= 15 is 0 Å². The SMILES string of the molecule is CCN(CC)C(N)=NCCc1nc2c(s1)CCCC2.I. The largest absolute Gasteiger partial charge is 0.370 e. The van der Waals surface area contributed by atoms with E-state index in [1.165, 1.54) is 34.8 Å². The lowest BCUT2D eigenvalue weighted by Gasteiger charge is -2.19. The fraction of sp³-hybridized carbons (Fsp3) is 0.714. The third-order valence-electron chi connectivity index (χ3n) is 3.58. The van der Waals surface area contributed by atoms with Crippen LogP contribution in [0, 0.1) is 0 Å². The number of hydrogen-bond acceptors (Lipinski definition) is 3. The second-order valence-corrected chi connectivity index (χ2v) is 6.01. The Bertz CT molecular complexity index is 417. The summed E-state index contributed by atoms with van der Waals surface area (Å²) < 4.78 is 0. The van der Waals surface area contributed by atoms with Crippen molar-refractivity contribution in [2.45, 2.75) is 46.0 Å². The molecule has 114 valence electrons. The molecule has 0 aromatic carbocycles. The van der Waals surface area contributed by atoms with Crippen LogP contribution in [0.25, 0.3) is 0 Å². The van der Waals surface area contributed by atoms with Crippen LogP contribution in [-0.2, 0) is 19.3 Å². The van der Waals surface area contributed by atoms with E-state index < -0.39 is 0 Å². The molecular formula is C14H25IN4S. The maximum atomic E-state index is 5.96. The Balaban J connectivity index is 0.00000200. The van der Waals surface area contributed by atoms with Gasteiger partial charge in [0.15, 0.2) is 5.96 Å². The van der Waals surface area contributed by atoms with Crippen molar-refractivity contribution in [3.8, 4) is 0 Å². The van der Waals surface area contributed by atoms with Crippen LogP contribution in [0.3, 0.4) is 0 Å². The van der Waals surface area contributed by atoms with Crippen molar-refractivity contribution in [3.63, 3.8) is 0 Å². The highest BCUT2D eigenvalue weighted by molar-refractivity contribution is 14.0. The fourth-order valence-corrected chi connectivity index (χ4v) is 3.57. The summed E-state index contributed by atoms with van der Waals surface area (Å²) in [6.07, 6.45) is 5.92. The molecule has 1 aliphatic rings. The molecule has 1 aliphatic carbocycles. The molecular weight excluding hydrogens is 383 g/mol. The summed E-state index contributed by atoms with van der Waals surface area (Å²) >= 11 is 1.87.